The summed E-state index contributed by atoms with van der Waals surface area (Å²) in [6.07, 6.45) is 0.275. The van der Waals surface area contributed by atoms with Gasteiger partial charge in [0, 0.05) is 19.3 Å². The van der Waals surface area contributed by atoms with Gasteiger partial charge in [-0.15, -0.1) is 0 Å². The van der Waals surface area contributed by atoms with Crippen LogP contribution in [0.25, 0.3) is 0 Å². The Hall–Kier alpha value is -2.77. The maximum atomic E-state index is 13.9. The molecule has 0 saturated carbocycles. The fourth-order valence-electron chi connectivity index (χ4n) is 3.12. The standard InChI is InChI=1S/C17H18F2N4O2/c1-9-14(10(2)22(3)21-9)16(24)20-13-7-8-23(17(13)25)15-11(18)5-4-6-12(15)19/h4-6,13H,7-8H2,1-3H3,(H,20,24)/t13-/m0/s1. The summed E-state index contributed by atoms with van der Waals surface area (Å²) in [7, 11) is 1.72. The van der Waals surface area contributed by atoms with Crippen molar-refractivity contribution in [1.29, 1.82) is 0 Å². The van der Waals surface area contributed by atoms with E-state index in [1.54, 1.807) is 25.6 Å². The van der Waals surface area contributed by atoms with Gasteiger partial charge in [0.25, 0.3) is 5.91 Å². The molecule has 0 aliphatic carbocycles. The Morgan fingerprint density at radius 3 is 2.48 bits per heavy atom. The van der Waals surface area contributed by atoms with Gasteiger partial charge in [-0.25, -0.2) is 8.78 Å². The zero-order valence-electron chi connectivity index (χ0n) is 14.1. The third-order valence-corrected chi connectivity index (χ3v) is 4.45. The molecule has 1 saturated heterocycles. The number of aromatic nitrogens is 2. The number of hydrogen-bond donors (Lipinski definition) is 1. The number of hydrogen-bond acceptors (Lipinski definition) is 3. The molecule has 2 aromatic rings. The maximum absolute atomic E-state index is 13.9. The molecule has 1 aromatic heterocycles. The molecule has 2 heterocycles. The molecule has 8 heteroatoms. The summed E-state index contributed by atoms with van der Waals surface area (Å²) in [4.78, 5) is 26.0. The number of nitrogens with zero attached hydrogens (tertiary/aromatic N) is 3. The summed E-state index contributed by atoms with van der Waals surface area (Å²) in [5, 5.41) is 6.82. The minimum absolute atomic E-state index is 0.132. The van der Waals surface area contributed by atoms with Crippen molar-refractivity contribution in [2.45, 2.75) is 26.3 Å². The van der Waals surface area contributed by atoms with Gasteiger partial charge in [-0.2, -0.15) is 5.10 Å². The second-order valence-corrected chi connectivity index (χ2v) is 6.04. The van der Waals surface area contributed by atoms with Gasteiger partial charge >= 0.3 is 0 Å². The summed E-state index contributed by atoms with van der Waals surface area (Å²) in [6.45, 7) is 3.60. The first-order valence-corrected chi connectivity index (χ1v) is 7.87. The molecule has 0 bridgehead atoms. The molecule has 0 radical (unpaired) electrons. The molecule has 1 fully saturated rings. The van der Waals surface area contributed by atoms with Gasteiger partial charge in [-0.3, -0.25) is 14.3 Å². The molecule has 1 aliphatic rings. The third kappa shape index (κ3) is 2.88. The van der Waals surface area contributed by atoms with Crippen molar-refractivity contribution < 1.29 is 18.4 Å². The van der Waals surface area contributed by atoms with Crippen LogP contribution in [0.4, 0.5) is 14.5 Å². The van der Waals surface area contributed by atoms with E-state index in [9.17, 15) is 18.4 Å². The first-order chi connectivity index (χ1) is 11.8. The zero-order valence-corrected chi connectivity index (χ0v) is 14.1. The number of para-hydroxylation sites is 1. The Bertz CT molecular complexity index is 842. The lowest BCUT2D eigenvalue weighted by molar-refractivity contribution is -0.118. The minimum Gasteiger partial charge on any atom is -0.340 e. The van der Waals surface area contributed by atoms with E-state index in [1.807, 2.05) is 0 Å². The molecule has 3 rings (SSSR count). The van der Waals surface area contributed by atoms with Crippen LogP contribution in [0.5, 0.6) is 0 Å². The van der Waals surface area contributed by atoms with Crippen molar-refractivity contribution >= 4 is 17.5 Å². The Kier molecular flexibility index (Phi) is 4.28. The predicted octanol–water partition coefficient (Wildman–Crippen LogP) is 1.85. The van der Waals surface area contributed by atoms with Crippen LogP contribution < -0.4 is 10.2 Å². The fraction of sp³-hybridized carbons (Fsp3) is 0.353. The van der Waals surface area contributed by atoms with Crippen LogP contribution in [0.15, 0.2) is 18.2 Å². The van der Waals surface area contributed by atoms with Crippen molar-refractivity contribution in [2.75, 3.05) is 11.4 Å². The number of carbonyl (C=O) groups excluding carboxylic acids is 2. The lowest BCUT2D eigenvalue weighted by atomic mass is 10.1. The Morgan fingerprint density at radius 1 is 1.28 bits per heavy atom. The van der Waals surface area contributed by atoms with E-state index in [0.717, 1.165) is 17.0 Å². The van der Waals surface area contributed by atoms with Gasteiger partial charge in [0.2, 0.25) is 5.91 Å². The Morgan fingerprint density at radius 2 is 1.92 bits per heavy atom. The van der Waals surface area contributed by atoms with E-state index >= 15 is 0 Å². The van der Waals surface area contributed by atoms with Crippen LogP contribution >= 0.6 is 0 Å². The number of carbonyl (C=O) groups is 2. The molecule has 0 unspecified atom stereocenters. The Labute approximate surface area is 143 Å². The van der Waals surface area contributed by atoms with Crippen LogP contribution in [-0.2, 0) is 11.8 Å². The zero-order chi connectivity index (χ0) is 18.3. The molecule has 25 heavy (non-hydrogen) atoms. The molecule has 1 aliphatic heterocycles. The highest BCUT2D eigenvalue weighted by Crippen LogP contribution is 2.27. The van der Waals surface area contributed by atoms with E-state index in [4.69, 9.17) is 0 Å². The lowest BCUT2D eigenvalue weighted by Gasteiger charge is -2.18. The van der Waals surface area contributed by atoms with Crippen molar-refractivity contribution in [2.24, 2.45) is 7.05 Å². The third-order valence-electron chi connectivity index (χ3n) is 4.45. The average Bonchev–Trinajstić information content (AvgIpc) is 3.00. The van der Waals surface area contributed by atoms with Crippen LogP contribution in [0.2, 0.25) is 0 Å². The van der Waals surface area contributed by atoms with Crippen LogP contribution in [0.1, 0.15) is 28.2 Å². The minimum atomic E-state index is -0.828. The van der Waals surface area contributed by atoms with Gasteiger partial charge in [-0.05, 0) is 32.4 Å². The van der Waals surface area contributed by atoms with E-state index in [1.165, 1.54) is 6.07 Å². The van der Waals surface area contributed by atoms with Gasteiger partial charge in [0.1, 0.15) is 23.4 Å². The van der Waals surface area contributed by atoms with Gasteiger partial charge < -0.3 is 10.2 Å². The van der Waals surface area contributed by atoms with Crippen LogP contribution in [-0.4, -0.2) is 34.2 Å². The van der Waals surface area contributed by atoms with Crippen LogP contribution in [0.3, 0.4) is 0 Å². The van der Waals surface area contributed by atoms with E-state index < -0.39 is 29.5 Å². The first kappa shape index (κ1) is 17.1. The summed E-state index contributed by atoms with van der Waals surface area (Å²) >= 11 is 0. The number of anilines is 1. The Balaban J connectivity index is 1.80. The molecule has 1 atom stereocenters. The first-order valence-electron chi connectivity index (χ1n) is 7.87. The van der Waals surface area contributed by atoms with E-state index in [-0.39, 0.29) is 18.7 Å². The largest absolute Gasteiger partial charge is 0.340 e. The quantitative estimate of drug-likeness (QED) is 0.921. The number of amides is 2. The number of halogens is 2. The SMILES string of the molecule is Cc1nn(C)c(C)c1C(=O)N[C@H]1CCN(c2c(F)cccc2F)C1=O. The molecular weight excluding hydrogens is 330 g/mol. The molecule has 0 spiro atoms. The number of nitrogens with one attached hydrogen (secondary N) is 1. The van der Waals surface area contributed by atoms with E-state index in [0.29, 0.717) is 17.0 Å². The molecule has 2 amide bonds. The molecule has 1 N–H and O–H groups in total. The highest BCUT2D eigenvalue weighted by Gasteiger charge is 2.36. The topological polar surface area (TPSA) is 67.2 Å². The maximum Gasteiger partial charge on any atom is 0.255 e. The fourth-order valence-corrected chi connectivity index (χ4v) is 3.12. The molecule has 6 nitrogen and oxygen atoms in total. The molecular formula is C17H18F2N4O2. The van der Waals surface area contributed by atoms with Gasteiger partial charge in [0.05, 0.1) is 11.3 Å². The average molecular weight is 348 g/mol. The van der Waals surface area contributed by atoms with Crippen LogP contribution in [0, 0.1) is 25.5 Å². The summed E-state index contributed by atoms with van der Waals surface area (Å²) in [5.41, 5.74) is 1.27. The number of rotatable bonds is 3. The normalized spacial score (nSPS) is 17.2. The lowest BCUT2D eigenvalue weighted by Crippen LogP contribution is -2.42. The summed E-state index contributed by atoms with van der Waals surface area (Å²) in [6, 6.07) is 2.60. The predicted molar refractivity (Wildman–Crippen MR) is 87.3 cm³/mol. The second kappa shape index (κ2) is 6.27. The summed E-state index contributed by atoms with van der Waals surface area (Å²) in [5.74, 6) is -2.56. The van der Waals surface area contributed by atoms with Crippen molar-refractivity contribution in [3.63, 3.8) is 0 Å². The number of benzene rings is 1. The highest BCUT2D eigenvalue weighted by atomic mass is 19.1. The second-order valence-electron chi connectivity index (χ2n) is 6.04. The molecule has 1 aromatic carbocycles. The van der Waals surface area contributed by atoms with E-state index in [2.05, 4.69) is 10.4 Å². The van der Waals surface area contributed by atoms with Crippen molar-refractivity contribution in [1.82, 2.24) is 15.1 Å². The molecule has 132 valence electrons. The number of aryl methyl sites for hydroxylation is 2. The monoisotopic (exact) mass is 348 g/mol. The van der Waals surface area contributed by atoms with Crippen molar-refractivity contribution in [3.8, 4) is 0 Å². The highest BCUT2D eigenvalue weighted by molar-refractivity contribution is 6.04. The van der Waals surface area contributed by atoms with Gasteiger partial charge in [0.15, 0.2) is 0 Å². The van der Waals surface area contributed by atoms with Gasteiger partial charge in [-0.1, -0.05) is 6.07 Å². The smallest absolute Gasteiger partial charge is 0.255 e. The summed E-state index contributed by atoms with van der Waals surface area (Å²) < 4.78 is 29.4. The van der Waals surface area contributed by atoms with Crippen molar-refractivity contribution in [3.05, 3.63) is 46.8 Å².